The Labute approximate surface area is 115 Å². The van der Waals surface area contributed by atoms with Crippen molar-refractivity contribution in [3.63, 3.8) is 0 Å². The summed E-state index contributed by atoms with van der Waals surface area (Å²) in [6, 6.07) is 2.40. The van der Waals surface area contributed by atoms with Gasteiger partial charge in [0.1, 0.15) is 5.54 Å². The van der Waals surface area contributed by atoms with Gasteiger partial charge in [-0.3, -0.25) is 4.79 Å². The highest BCUT2D eigenvalue weighted by Gasteiger charge is 2.55. The number of hydrogen-bond donors (Lipinski definition) is 1. The Bertz CT molecular complexity index is 391. The second kappa shape index (κ2) is 4.81. The van der Waals surface area contributed by atoms with Gasteiger partial charge in [-0.1, -0.05) is 19.8 Å². The van der Waals surface area contributed by atoms with Crippen molar-refractivity contribution < 1.29 is 4.79 Å². The average molecular weight is 260 g/mol. The van der Waals surface area contributed by atoms with Gasteiger partial charge in [0, 0.05) is 5.92 Å². The first-order chi connectivity index (χ1) is 9.15. The lowest BCUT2D eigenvalue weighted by Gasteiger charge is -2.34. The van der Waals surface area contributed by atoms with Gasteiger partial charge in [-0.25, -0.2) is 0 Å². The molecule has 2 atom stereocenters. The molecule has 104 valence electrons. The molecule has 0 aromatic heterocycles. The Hall–Kier alpha value is -1.04. The molecule has 2 unspecified atom stereocenters. The van der Waals surface area contributed by atoms with E-state index in [1.807, 2.05) is 0 Å². The van der Waals surface area contributed by atoms with Crippen LogP contribution in [-0.4, -0.2) is 11.4 Å². The molecule has 0 aromatic rings. The van der Waals surface area contributed by atoms with E-state index in [9.17, 15) is 10.1 Å². The van der Waals surface area contributed by atoms with Crippen LogP contribution >= 0.6 is 0 Å². The van der Waals surface area contributed by atoms with Crippen LogP contribution in [0, 0.1) is 35.0 Å². The number of rotatable bonds is 2. The van der Waals surface area contributed by atoms with Crippen LogP contribution in [0.25, 0.3) is 0 Å². The average Bonchev–Trinajstić information content (AvgIpc) is 3.16. The summed E-state index contributed by atoms with van der Waals surface area (Å²) in [7, 11) is 0. The molecule has 3 nitrogen and oxygen atoms in total. The fourth-order valence-corrected chi connectivity index (χ4v) is 4.22. The topological polar surface area (TPSA) is 52.9 Å². The van der Waals surface area contributed by atoms with Gasteiger partial charge in [-0.05, 0) is 56.3 Å². The lowest BCUT2D eigenvalue weighted by atomic mass is 9.78. The number of carbonyl (C=O) groups is 1. The summed E-state index contributed by atoms with van der Waals surface area (Å²) < 4.78 is 0. The highest BCUT2D eigenvalue weighted by Crippen LogP contribution is 2.55. The fraction of sp³-hybridized carbons (Fsp3) is 0.875. The Morgan fingerprint density at radius 1 is 1.16 bits per heavy atom. The second-order valence-corrected chi connectivity index (χ2v) is 7.00. The first kappa shape index (κ1) is 13.0. The SMILES string of the molecule is CC1CCC(C#N)(NC(=O)C2C3CCCCC32)CC1. The van der Waals surface area contributed by atoms with Crippen molar-refractivity contribution >= 4 is 5.91 Å². The van der Waals surface area contributed by atoms with E-state index < -0.39 is 5.54 Å². The van der Waals surface area contributed by atoms with Crippen molar-refractivity contribution in [3.8, 4) is 6.07 Å². The number of carbonyl (C=O) groups excluding carboxylic acids is 1. The molecular weight excluding hydrogens is 236 g/mol. The van der Waals surface area contributed by atoms with E-state index in [1.54, 1.807) is 0 Å². The maximum absolute atomic E-state index is 12.4. The molecule has 3 saturated carbocycles. The summed E-state index contributed by atoms with van der Waals surface area (Å²) in [6.45, 7) is 2.23. The third-order valence-corrected chi connectivity index (χ3v) is 5.66. The van der Waals surface area contributed by atoms with E-state index in [0.29, 0.717) is 17.8 Å². The van der Waals surface area contributed by atoms with Crippen molar-refractivity contribution in [2.75, 3.05) is 0 Å². The molecule has 3 aliphatic carbocycles. The molecule has 3 fully saturated rings. The third kappa shape index (κ3) is 2.38. The monoisotopic (exact) mass is 260 g/mol. The summed E-state index contributed by atoms with van der Waals surface area (Å²) in [4.78, 5) is 12.4. The van der Waals surface area contributed by atoms with E-state index in [1.165, 1.54) is 25.7 Å². The van der Waals surface area contributed by atoms with Crippen LogP contribution in [0.5, 0.6) is 0 Å². The zero-order valence-electron chi connectivity index (χ0n) is 11.8. The van der Waals surface area contributed by atoms with Crippen molar-refractivity contribution in [2.45, 2.75) is 63.8 Å². The van der Waals surface area contributed by atoms with E-state index in [-0.39, 0.29) is 11.8 Å². The first-order valence-corrected chi connectivity index (χ1v) is 7.88. The number of nitrogens with zero attached hydrogens (tertiary/aromatic N) is 1. The number of nitrogens with one attached hydrogen (secondary N) is 1. The smallest absolute Gasteiger partial charge is 0.224 e. The third-order valence-electron chi connectivity index (χ3n) is 5.66. The first-order valence-electron chi connectivity index (χ1n) is 7.88. The molecule has 0 aromatic carbocycles. The van der Waals surface area contributed by atoms with Crippen molar-refractivity contribution in [3.05, 3.63) is 0 Å². The van der Waals surface area contributed by atoms with Crippen LogP contribution in [0.1, 0.15) is 58.3 Å². The normalized spacial score (nSPS) is 44.8. The Morgan fingerprint density at radius 3 is 2.26 bits per heavy atom. The molecule has 1 amide bonds. The predicted molar refractivity (Wildman–Crippen MR) is 73.1 cm³/mol. The van der Waals surface area contributed by atoms with Gasteiger partial charge < -0.3 is 5.32 Å². The summed E-state index contributed by atoms with van der Waals surface area (Å²) >= 11 is 0. The molecule has 0 spiro atoms. The predicted octanol–water partition coefficient (Wildman–Crippen LogP) is 3.01. The molecular formula is C16H24N2O. The molecule has 3 heteroatoms. The Morgan fingerprint density at radius 2 is 1.74 bits per heavy atom. The molecule has 0 saturated heterocycles. The molecule has 0 bridgehead atoms. The number of hydrogen-bond acceptors (Lipinski definition) is 2. The lowest BCUT2D eigenvalue weighted by molar-refractivity contribution is -0.124. The van der Waals surface area contributed by atoms with E-state index >= 15 is 0 Å². The van der Waals surface area contributed by atoms with Crippen molar-refractivity contribution in [1.82, 2.24) is 5.32 Å². The van der Waals surface area contributed by atoms with Crippen LogP contribution in [0.3, 0.4) is 0 Å². The van der Waals surface area contributed by atoms with Gasteiger partial charge in [0.2, 0.25) is 5.91 Å². The maximum atomic E-state index is 12.4. The molecule has 3 aliphatic rings. The molecule has 0 aliphatic heterocycles. The Kier molecular flexibility index (Phi) is 3.28. The summed E-state index contributed by atoms with van der Waals surface area (Å²) in [5, 5.41) is 12.6. The molecule has 3 rings (SSSR count). The van der Waals surface area contributed by atoms with E-state index in [2.05, 4.69) is 18.3 Å². The Balaban J connectivity index is 1.61. The fourth-order valence-electron chi connectivity index (χ4n) is 4.22. The largest absolute Gasteiger partial charge is 0.338 e. The zero-order valence-corrected chi connectivity index (χ0v) is 11.8. The van der Waals surface area contributed by atoms with Gasteiger partial charge in [0.05, 0.1) is 6.07 Å². The van der Waals surface area contributed by atoms with Gasteiger partial charge in [0.15, 0.2) is 0 Å². The summed E-state index contributed by atoms with van der Waals surface area (Å²) in [6.07, 6.45) is 8.80. The minimum atomic E-state index is -0.560. The maximum Gasteiger partial charge on any atom is 0.224 e. The molecule has 1 N–H and O–H groups in total. The zero-order chi connectivity index (χ0) is 13.5. The number of nitriles is 1. The summed E-state index contributed by atoms with van der Waals surface area (Å²) in [5.74, 6) is 2.36. The van der Waals surface area contributed by atoms with Gasteiger partial charge in [-0.2, -0.15) is 5.26 Å². The minimum Gasteiger partial charge on any atom is -0.338 e. The highest BCUT2D eigenvalue weighted by molar-refractivity contribution is 5.83. The number of amides is 1. The molecule has 0 radical (unpaired) electrons. The van der Waals surface area contributed by atoms with Gasteiger partial charge >= 0.3 is 0 Å². The minimum absolute atomic E-state index is 0.174. The lowest BCUT2D eigenvalue weighted by Crippen LogP contribution is -2.50. The van der Waals surface area contributed by atoms with E-state index in [4.69, 9.17) is 0 Å². The van der Waals surface area contributed by atoms with Crippen LogP contribution in [0.15, 0.2) is 0 Å². The molecule has 0 heterocycles. The highest BCUT2D eigenvalue weighted by atomic mass is 16.2. The van der Waals surface area contributed by atoms with Gasteiger partial charge in [-0.15, -0.1) is 0 Å². The van der Waals surface area contributed by atoms with Crippen molar-refractivity contribution in [2.24, 2.45) is 23.7 Å². The quantitative estimate of drug-likeness (QED) is 0.829. The van der Waals surface area contributed by atoms with Crippen LogP contribution in [0.4, 0.5) is 0 Å². The molecule has 19 heavy (non-hydrogen) atoms. The van der Waals surface area contributed by atoms with Crippen LogP contribution in [0.2, 0.25) is 0 Å². The standard InChI is InChI=1S/C16H24N2O/c1-11-6-8-16(10-17,9-7-11)18-15(19)14-12-4-2-3-5-13(12)14/h11-14H,2-9H2,1H3,(H,18,19). The second-order valence-electron chi connectivity index (χ2n) is 7.00. The van der Waals surface area contributed by atoms with Gasteiger partial charge in [0.25, 0.3) is 0 Å². The van der Waals surface area contributed by atoms with E-state index in [0.717, 1.165) is 25.7 Å². The van der Waals surface area contributed by atoms with Crippen LogP contribution < -0.4 is 5.32 Å². The van der Waals surface area contributed by atoms with Crippen LogP contribution in [-0.2, 0) is 4.79 Å². The number of fused-ring (bicyclic) bond motifs is 1. The summed E-state index contributed by atoms with van der Waals surface area (Å²) in [5.41, 5.74) is -0.560. The van der Waals surface area contributed by atoms with Crippen molar-refractivity contribution in [1.29, 1.82) is 5.26 Å².